The third kappa shape index (κ3) is 5.47. The fourth-order valence-electron chi connectivity index (χ4n) is 3.86. The van der Waals surface area contributed by atoms with Gasteiger partial charge < -0.3 is 14.8 Å². The first kappa shape index (κ1) is 24.3. The number of anilines is 1. The van der Waals surface area contributed by atoms with Gasteiger partial charge in [0.15, 0.2) is 12.4 Å². The lowest BCUT2D eigenvalue weighted by Crippen LogP contribution is -2.41. The number of hydrogen-bond acceptors (Lipinski definition) is 7. The van der Waals surface area contributed by atoms with Gasteiger partial charge >= 0.3 is 5.97 Å². The Kier molecular flexibility index (Phi) is 7.63. The number of nitrogens with zero attached hydrogens (tertiary/aromatic N) is 1. The number of carbonyl (C=O) groups excluding carboxylic acids is 4. The number of imide groups is 1. The molecule has 1 N–H and O–H groups in total. The van der Waals surface area contributed by atoms with Gasteiger partial charge in [0.2, 0.25) is 5.91 Å². The summed E-state index contributed by atoms with van der Waals surface area (Å²) in [6, 6.07) is 9.65. The van der Waals surface area contributed by atoms with E-state index >= 15 is 0 Å². The van der Waals surface area contributed by atoms with Crippen LogP contribution in [-0.4, -0.2) is 55.5 Å². The first-order chi connectivity index (χ1) is 16.3. The van der Waals surface area contributed by atoms with E-state index in [2.05, 4.69) is 5.32 Å². The Morgan fingerprint density at radius 2 is 1.79 bits per heavy atom. The summed E-state index contributed by atoms with van der Waals surface area (Å²) in [5.74, 6) is -1.81. The highest BCUT2D eigenvalue weighted by Crippen LogP contribution is 2.25. The van der Waals surface area contributed by atoms with Crippen LogP contribution in [0.4, 0.5) is 5.69 Å². The number of benzene rings is 2. The monoisotopic (exact) mass is 504 g/mol. The molecule has 8 nitrogen and oxygen atoms in total. The quantitative estimate of drug-likeness (QED) is 0.333. The van der Waals surface area contributed by atoms with Gasteiger partial charge in [-0.2, -0.15) is 0 Å². The van der Waals surface area contributed by atoms with Crippen LogP contribution in [0.25, 0.3) is 0 Å². The number of ether oxygens (including phenoxy) is 2. The molecule has 2 saturated heterocycles. The van der Waals surface area contributed by atoms with Crippen molar-refractivity contribution in [2.24, 2.45) is 0 Å². The van der Waals surface area contributed by atoms with E-state index in [1.54, 1.807) is 0 Å². The summed E-state index contributed by atoms with van der Waals surface area (Å²) < 4.78 is 10.6. The second-order valence-corrected chi connectivity index (χ2v) is 8.86. The van der Waals surface area contributed by atoms with E-state index in [4.69, 9.17) is 32.7 Å². The molecular weight excluding hydrogens is 483 g/mol. The molecule has 178 valence electrons. The number of halogens is 2. The lowest BCUT2D eigenvalue weighted by atomic mass is 10.1. The maximum atomic E-state index is 12.8. The lowest BCUT2D eigenvalue weighted by molar-refractivity contribution is -0.121. The van der Waals surface area contributed by atoms with Gasteiger partial charge in [-0.15, -0.1) is 0 Å². The molecule has 0 spiro atoms. The maximum Gasteiger partial charge on any atom is 0.338 e. The minimum atomic E-state index is -0.713. The highest BCUT2D eigenvalue weighted by Gasteiger charge is 2.39. The predicted octanol–water partition coefficient (Wildman–Crippen LogP) is 3.43. The zero-order valence-electron chi connectivity index (χ0n) is 18.1. The van der Waals surface area contributed by atoms with E-state index in [0.717, 1.165) is 17.7 Å². The summed E-state index contributed by atoms with van der Waals surface area (Å²) in [7, 11) is 0. The molecule has 2 atom stereocenters. The van der Waals surface area contributed by atoms with Crippen molar-refractivity contribution in [2.45, 2.75) is 31.4 Å². The summed E-state index contributed by atoms with van der Waals surface area (Å²) in [4.78, 5) is 50.9. The van der Waals surface area contributed by atoms with Gasteiger partial charge in [-0.1, -0.05) is 23.2 Å². The Labute approximate surface area is 206 Å². The number of ketones is 1. The van der Waals surface area contributed by atoms with E-state index in [0.29, 0.717) is 23.9 Å². The van der Waals surface area contributed by atoms with E-state index < -0.39 is 24.4 Å². The van der Waals surface area contributed by atoms with Crippen LogP contribution in [0, 0.1) is 0 Å². The molecule has 2 aliphatic heterocycles. The van der Waals surface area contributed by atoms with Crippen molar-refractivity contribution in [3.05, 3.63) is 63.6 Å². The molecule has 34 heavy (non-hydrogen) atoms. The molecule has 10 heteroatoms. The van der Waals surface area contributed by atoms with Crippen LogP contribution < -0.4 is 10.2 Å². The summed E-state index contributed by atoms with van der Waals surface area (Å²) in [6.45, 7) is 0.761. The normalized spacial score (nSPS) is 20.1. The molecule has 2 aromatic carbocycles. The SMILES string of the molecule is O=C(COC(=O)c1ccc(N2C(=O)CC(NCC3CCCO3)C2=O)cc1)c1ccc(Cl)c(Cl)c1. The molecule has 0 aromatic heterocycles. The molecular formula is C24H22Cl2N2O6. The highest BCUT2D eigenvalue weighted by atomic mass is 35.5. The Bertz CT molecular complexity index is 1110. The van der Waals surface area contributed by atoms with Crippen LogP contribution in [-0.2, 0) is 19.1 Å². The zero-order chi connectivity index (χ0) is 24.2. The molecule has 0 bridgehead atoms. The second kappa shape index (κ2) is 10.7. The highest BCUT2D eigenvalue weighted by molar-refractivity contribution is 6.42. The van der Waals surface area contributed by atoms with Crippen LogP contribution >= 0.6 is 23.2 Å². The summed E-state index contributed by atoms with van der Waals surface area (Å²) >= 11 is 11.7. The van der Waals surface area contributed by atoms with Crippen molar-refractivity contribution in [3.63, 3.8) is 0 Å². The Hall–Kier alpha value is -2.78. The number of carbonyl (C=O) groups is 4. The van der Waals surface area contributed by atoms with Gasteiger partial charge in [0, 0.05) is 18.7 Å². The average molecular weight is 505 g/mol. The maximum absolute atomic E-state index is 12.8. The van der Waals surface area contributed by atoms with Crippen LogP contribution in [0.15, 0.2) is 42.5 Å². The minimum absolute atomic E-state index is 0.0609. The number of rotatable bonds is 8. The van der Waals surface area contributed by atoms with Crippen LogP contribution in [0.5, 0.6) is 0 Å². The molecule has 0 saturated carbocycles. The zero-order valence-corrected chi connectivity index (χ0v) is 19.6. The number of amides is 2. The van der Waals surface area contributed by atoms with Crippen LogP contribution in [0.1, 0.15) is 40.0 Å². The van der Waals surface area contributed by atoms with Gasteiger partial charge in [0.25, 0.3) is 5.91 Å². The lowest BCUT2D eigenvalue weighted by Gasteiger charge is -2.17. The van der Waals surface area contributed by atoms with Gasteiger partial charge in [-0.3, -0.25) is 14.4 Å². The minimum Gasteiger partial charge on any atom is -0.454 e. The topological polar surface area (TPSA) is 102 Å². The smallest absolute Gasteiger partial charge is 0.338 e. The van der Waals surface area contributed by atoms with Crippen molar-refractivity contribution < 1.29 is 28.7 Å². The first-order valence-corrected chi connectivity index (χ1v) is 11.6. The van der Waals surface area contributed by atoms with E-state index in [1.165, 1.54) is 42.5 Å². The fraction of sp³-hybridized carbons (Fsp3) is 0.333. The third-order valence-electron chi connectivity index (χ3n) is 5.70. The molecule has 2 fully saturated rings. The first-order valence-electron chi connectivity index (χ1n) is 10.8. The molecule has 2 amide bonds. The number of nitrogens with one attached hydrogen (secondary N) is 1. The molecule has 2 unspecified atom stereocenters. The van der Waals surface area contributed by atoms with Crippen molar-refractivity contribution >= 4 is 52.5 Å². The average Bonchev–Trinajstić information content (AvgIpc) is 3.45. The predicted molar refractivity (Wildman–Crippen MR) is 125 cm³/mol. The number of Topliss-reactive ketones (excluding diaryl/α,β-unsaturated/α-hetero) is 1. The van der Waals surface area contributed by atoms with Crippen LogP contribution in [0.3, 0.4) is 0 Å². The Morgan fingerprint density at radius 1 is 1.06 bits per heavy atom. The van der Waals surface area contributed by atoms with Crippen molar-refractivity contribution in [1.29, 1.82) is 0 Å². The summed E-state index contributed by atoms with van der Waals surface area (Å²) in [5, 5.41) is 3.66. The van der Waals surface area contributed by atoms with E-state index in [-0.39, 0.29) is 40.5 Å². The summed E-state index contributed by atoms with van der Waals surface area (Å²) in [6.07, 6.45) is 2.05. The van der Waals surface area contributed by atoms with Crippen molar-refractivity contribution in [2.75, 3.05) is 24.7 Å². The van der Waals surface area contributed by atoms with Gasteiger partial charge in [0.1, 0.15) is 0 Å². The standard InChI is InChI=1S/C24H22Cl2N2O6/c25-18-8-5-15(10-19(18)26)21(29)13-34-24(32)14-3-6-16(7-4-14)28-22(30)11-20(23(28)31)27-12-17-2-1-9-33-17/h3-8,10,17,20,27H,1-2,9,11-13H2. The van der Waals surface area contributed by atoms with Crippen molar-refractivity contribution in [3.8, 4) is 0 Å². The molecule has 2 aliphatic rings. The van der Waals surface area contributed by atoms with Gasteiger partial charge in [-0.05, 0) is 55.3 Å². The molecule has 2 aromatic rings. The molecule has 0 aliphatic carbocycles. The van der Waals surface area contributed by atoms with Gasteiger partial charge in [0.05, 0.1) is 39.9 Å². The summed E-state index contributed by atoms with van der Waals surface area (Å²) in [5.41, 5.74) is 0.809. The number of esters is 1. The van der Waals surface area contributed by atoms with E-state index in [9.17, 15) is 19.2 Å². The van der Waals surface area contributed by atoms with Crippen molar-refractivity contribution in [1.82, 2.24) is 5.32 Å². The molecule has 2 heterocycles. The van der Waals surface area contributed by atoms with E-state index in [1.807, 2.05) is 0 Å². The Morgan fingerprint density at radius 3 is 2.47 bits per heavy atom. The largest absolute Gasteiger partial charge is 0.454 e. The Balaban J connectivity index is 1.33. The third-order valence-corrected chi connectivity index (χ3v) is 6.44. The van der Waals surface area contributed by atoms with Crippen LogP contribution in [0.2, 0.25) is 10.0 Å². The fourth-order valence-corrected chi connectivity index (χ4v) is 4.15. The molecule has 0 radical (unpaired) electrons. The second-order valence-electron chi connectivity index (χ2n) is 8.04. The van der Waals surface area contributed by atoms with Gasteiger partial charge in [-0.25, -0.2) is 9.69 Å². The molecule has 4 rings (SSSR count). The number of hydrogen-bond donors (Lipinski definition) is 1.